The van der Waals surface area contributed by atoms with Crippen molar-refractivity contribution in [1.82, 2.24) is 9.62 Å². The van der Waals surface area contributed by atoms with Crippen molar-refractivity contribution >= 4 is 27.5 Å². The van der Waals surface area contributed by atoms with Crippen LogP contribution in [0.15, 0.2) is 17.0 Å². The predicted octanol–water partition coefficient (Wildman–Crippen LogP) is 2.42. The van der Waals surface area contributed by atoms with Crippen LogP contribution < -0.4 is 15.4 Å². The molecule has 0 spiro atoms. The molecular weight excluding hydrogens is 406 g/mol. The van der Waals surface area contributed by atoms with Gasteiger partial charge in [-0.15, -0.1) is 0 Å². The molecule has 3 rings (SSSR count). The number of anilines is 1. The molecule has 30 heavy (non-hydrogen) atoms. The highest BCUT2D eigenvalue weighted by atomic mass is 32.2. The summed E-state index contributed by atoms with van der Waals surface area (Å²) in [5.41, 5.74) is 0.925. The van der Waals surface area contributed by atoms with Crippen LogP contribution >= 0.6 is 0 Å². The van der Waals surface area contributed by atoms with E-state index in [1.807, 2.05) is 6.92 Å². The lowest BCUT2D eigenvalue weighted by Crippen LogP contribution is -2.44. The maximum atomic E-state index is 13.1. The zero-order valence-corrected chi connectivity index (χ0v) is 18.8. The van der Waals surface area contributed by atoms with Crippen LogP contribution in [0.2, 0.25) is 0 Å². The molecule has 2 aliphatic rings. The first-order chi connectivity index (χ1) is 14.1. The number of carbonyl (C=O) groups is 2. The van der Waals surface area contributed by atoms with Gasteiger partial charge in [-0.25, -0.2) is 8.42 Å². The fourth-order valence-electron chi connectivity index (χ4n) is 3.96. The molecule has 0 bridgehead atoms. The number of fused-ring (bicyclic) bond motifs is 1. The highest BCUT2D eigenvalue weighted by Gasteiger charge is 2.31. The molecule has 0 radical (unpaired) electrons. The van der Waals surface area contributed by atoms with Crippen LogP contribution in [0, 0.1) is 12.8 Å². The molecule has 1 aliphatic heterocycles. The number of amides is 2. The summed E-state index contributed by atoms with van der Waals surface area (Å²) in [6.45, 7) is 5.43. The second-order valence-corrected chi connectivity index (χ2v) is 10.4. The molecule has 2 amide bonds. The third-order valence-electron chi connectivity index (χ3n) is 5.90. The van der Waals surface area contributed by atoms with Crippen LogP contribution in [0.4, 0.5) is 5.69 Å². The molecule has 1 aromatic rings. The standard InChI is InChI=1S/C21H31N3O5S/c1-5-17-21(26)23-16-10-14(3)19(11-18(16)29-17)30(27,28)24(4)12-20(25)22-15-8-6-13(2)7-9-15/h10-11,13,15,17H,5-9,12H2,1-4H3,(H,22,25)(H,23,26)/t13?,15?,17-/m1/s1. The van der Waals surface area contributed by atoms with Crippen LogP contribution in [-0.4, -0.2) is 50.3 Å². The zero-order valence-electron chi connectivity index (χ0n) is 18.0. The fraction of sp³-hybridized carbons (Fsp3) is 0.619. The summed E-state index contributed by atoms with van der Waals surface area (Å²) in [6.07, 6.45) is 3.81. The van der Waals surface area contributed by atoms with Crippen molar-refractivity contribution in [3.8, 4) is 5.75 Å². The van der Waals surface area contributed by atoms with Crippen molar-refractivity contribution in [3.05, 3.63) is 17.7 Å². The number of nitrogens with zero attached hydrogens (tertiary/aromatic N) is 1. The Hall–Kier alpha value is -2.13. The lowest BCUT2D eigenvalue weighted by molar-refractivity contribution is -0.123. The number of sulfonamides is 1. The van der Waals surface area contributed by atoms with Crippen molar-refractivity contribution in [3.63, 3.8) is 0 Å². The minimum atomic E-state index is -3.91. The number of benzene rings is 1. The number of hydrogen-bond donors (Lipinski definition) is 2. The molecule has 1 heterocycles. The monoisotopic (exact) mass is 437 g/mol. The van der Waals surface area contributed by atoms with E-state index in [4.69, 9.17) is 4.74 Å². The lowest BCUT2D eigenvalue weighted by atomic mass is 9.87. The van der Waals surface area contributed by atoms with Crippen LogP contribution in [0.1, 0.15) is 51.5 Å². The Morgan fingerprint density at radius 3 is 2.57 bits per heavy atom. The van der Waals surface area contributed by atoms with E-state index >= 15 is 0 Å². The van der Waals surface area contributed by atoms with E-state index in [1.165, 1.54) is 13.1 Å². The number of ether oxygens (including phenoxy) is 1. The van der Waals surface area contributed by atoms with Gasteiger partial charge in [0.05, 0.1) is 17.1 Å². The van der Waals surface area contributed by atoms with Gasteiger partial charge >= 0.3 is 0 Å². The van der Waals surface area contributed by atoms with E-state index in [0.717, 1.165) is 30.0 Å². The molecule has 0 aromatic heterocycles. The summed E-state index contributed by atoms with van der Waals surface area (Å²) in [5.74, 6) is 0.448. The van der Waals surface area contributed by atoms with Crippen LogP contribution in [-0.2, 0) is 19.6 Å². The Morgan fingerprint density at radius 2 is 1.93 bits per heavy atom. The van der Waals surface area contributed by atoms with Crippen molar-refractivity contribution in [2.75, 3.05) is 18.9 Å². The molecule has 166 valence electrons. The van der Waals surface area contributed by atoms with E-state index in [0.29, 0.717) is 29.3 Å². The smallest absolute Gasteiger partial charge is 0.265 e. The molecule has 0 unspecified atom stereocenters. The number of nitrogens with one attached hydrogen (secondary N) is 2. The highest BCUT2D eigenvalue weighted by Crippen LogP contribution is 2.35. The van der Waals surface area contributed by atoms with Crippen LogP contribution in [0.5, 0.6) is 5.75 Å². The van der Waals surface area contributed by atoms with Gasteiger partial charge in [-0.05, 0) is 56.6 Å². The minimum absolute atomic E-state index is 0.0639. The average molecular weight is 438 g/mol. The van der Waals surface area contributed by atoms with Gasteiger partial charge < -0.3 is 15.4 Å². The Labute approximate surface area is 178 Å². The number of rotatable bonds is 6. The number of likely N-dealkylation sites (N-methyl/N-ethyl adjacent to an activating group) is 1. The molecule has 0 saturated heterocycles. The number of carbonyl (C=O) groups excluding carboxylic acids is 2. The molecule has 1 fully saturated rings. The third kappa shape index (κ3) is 4.78. The van der Waals surface area contributed by atoms with Gasteiger partial charge in [0.1, 0.15) is 5.75 Å². The van der Waals surface area contributed by atoms with Crippen molar-refractivity contribution in [2.24, 2.45) is 5.92 Å². The topological polar surface area (TPSA) is 105 Å². The van der Waals surface area contributed by atoms with Gasteiger partial charge in [0.25, 0.3) is 5.91 Å². The Balaban J connectivity index is 1.73. The van der Waals surface area contributed by atoms with Gasteiger partial charge in [0.2, 0.25) is 15.9 Å². The van der Waals surface area contributed by atoms with E-state index in [1.54, 1.807) is 13.0 Å². The molecule has 9 heteroatoms. The van der Waals surface area contributed by atoms with Crippen molar-refractivity contribution in [2.45, 2.75) is 69.9 Å². The summed E-state index contributed by atoms with van der Waals surface area (Å²) in [4.78, 5) is 24.5. The van der Waals surface area contributed by atoms with E-state index in [2.05, 4.69) is 17.6 Å². The second-order valence-electron chi connectivity index (χ2n) is 8.40. The Bertz CT molecular complexity index is 923. The van der Waals surface area contributed by atoms with Crippen LogP contribution in [0.25, 0.3) is 0 Å². The third-order valence-corrected chi connectivity index (χ3v) is 7.85. The first-order valence-electron chi connectivity index (χ1n) is 10.5. The first kappa shape index (κ1) is 22.6. The summed E-state index contributed by atoms with van der Waals surface area (Å²) >= 11 is 0. The van der Waals surface area contributed by atoms with Crippen molar-refractivity contribution in [1.29, 1.82) is 0 Å². The molecular formula is C21H31N3O5S. The van der Waals surface area contributed by atoms with Gasteiger partial charge in [-0.1, -0.05) is 13.8 Å². The van der Waals surface area contributed by atoms with E-state index < -0.39 is 16.1 Å². The van der Waals surface area contributed by atoms with E-state index in [9.17, 15) is 18.0 Å². The highest BCUT2D eigenvalue weighted by molar-refractivity contribution is 7.89. The zero-order chi connectivity index (χ0) is 22.1. The summed E-state index contributed by atoms with van der Waals surface area (Å²) < 4.78 is 33.0. The minimum Gasteiger partial charge on any atom is -0.478 e. The van der Waals surface area contributed by atoms with Crippen LogP contribution in [0.3, 0.4) is 0 Å². The van der Waals surface area contributed by atoms with Gasteiger partial charge in [-0.3, -0.25) is 9.59 Å². The molecule has 2 N–H and O–H groups in total. The number of aryl methyl sites for hydroxylation is 1. The number of hydrogen-bond acceptors (Lipinski definition) is 5. The predicted molar refractivity (Wildman–Crippen MR) is 114 cm³/mol. The van der Waals surface area contributed by atoms with E-state index in [-0.39, 0.29) is 29.3 Å². The largest absolute Gasteiger partial charge is 0.478 e. The Kier molecular flexibility index (Phi) is 6.71. The average Bonchev–Trinajstić information content (AvgIpc) is 2.68. The maximum absolute atomic E-state index is 13.1. The summed E-state index contributed by atoms with van der Waals surface area (Å²) in [7, 11) is -2.51. The molecule has 8 nitrogen and oxygen atoms in total. The quantitative estimate of drug-likeness (QED) is 0.711. The van der Waals surface area contributed by atoms with Gasteiger partial charge in [0.15, 0.2) is 6.10 Å². The second kappa shape index (κ2) is 8.93. The first-order valence-corrected chi connectivity index (χ1v) is 11.9. The summed E-state index contributed by atoms with van der Waals surface area (Å²) in [5, 5.41) is 5.71. The lowest BCUT2D eigenvalue weighted by Gasteiger charge is -2.28. The normalized spacial score (nSPS) is 24.0. The van der Waals surface area contributed by atoms with Gasteiger partial charge in [0, 0.05) is 19.2 Å². The molecule has 1 aliphatic carbocycles. The Morgan fingerprint density at radius 1 is 1.27 bits per heavy atom. The van der Waals surface area contributed by atoms with Crippen molar-refractivity contribution < 1.29 is 22.7 Å². The summed E-state index contributed by atoms with van der Waals surface area (Å²) in [6, 6.07) is 3.13. The molecule has 1 saturated carbocycles. The van der Waals surface area contributed by atoms with Gasteiger partial charge in [-0.2, -0.15) is 4.31 Å². The fourth-order valence-corrected chi connectivity index (χ4v) is 5.31. The molecule has 1 atom stereocenters. The SMILES string of the molecule is CC[C@H]1Oc2cc(S(=O)(=O)N(C)CC(=O)NC3CCC(C)CC3)c(C)cc2NC1=O. The molecule has 1 aromatic carbocycles. The maximum Gasteiger partial charge on any atom is 0.265 e.